The van der Waals surface area contributed by atoms with Crippen molar-refractivity contribution in [2.45, 2.75) is 58.3 Å². The normalized spacial score (nSPS) is 31.8. The Morgan fingerprint density at radius 1 is 0.696 bits per heavy atom. The van der Waals surface area contributed by atoms with Crippen molar-refractivity contribution in [2.75, 3.05) is 46.9 Å². The molecule has 0 amide bonds. The molecule has 0 aromatic rings. The molecule has 2 aliphatic rings. The Kier molecular flexibility index (Phi) is 5.79. The second kappa shape index (κ2) is 6.70. The second-order valence-electron chi connectivity index (χ2n) is 8.84. The van der Waals surface area contributed by atoms with Gasteiger partial charge in [-0.1, -0.05) is 0 Å². The zero-order valence-electron chi connectivity index (χ0n) is 16.1. The number of likely N-dealkylation sites (N-methyl/N-ethyl adjacent to an activating group) is 2. The minimum absolute atomic E-state index is 0.359. The average Bonchev–Trinajstić information content (AvgIpc) is 2.19. The van der Waals surface area contributed by atoms with E-state index in [1.807, 2.05) is 0 Å². The van der Waals surface area contributed by atoms with E-state index in [4.69, 9.17) is 12.3 Å². The van der Waals surface area contributed by atoms with Gasteiger partial charge in [-0.25, -0.2) is 0 Å². The maximum atomic E-state index is 6.50. The van der Waals surface area contributed by atoms with Crippen molar-refractivity contribution < 1.29 is 12.3 Å². The predicted molar refractivity (Wildman–Crippen MR) is 92.2 cm³/mol. The van der Waals surface area contributed by atoms with Gasteiger partial charge in [0.25, 0.3) is 0 Å². The van der Waals surface area contributed by atoms with Crippen molar-refractivity contribution in [1.82, 2.24) is 9.80 Å². The molecule has 0 bridgehead atoms. The molecule has 2 heterocycles. The molecule has 6 nitrogen and oxygen atoms in total. The maximum absolute atomic E-state index is 6.50. The molecule has 0 unspecified atom stereocenters. The van der Waals surface area contributed by atoms with Gasteiger partial charge >= 0.3 is 147 Å². The van der Waals surface area contributed by atoms with Crippen LogP contribution in [0.2, 0.25) is 0 Å². The molecule has 0 atom stereocenters. The zero-order valence-corrected chi connectivity index (χ0v) is 18.9. The first-order chi connectivity index (χ1) is 10.3. The van der Waals surface area contributed by atoms with Gasteiger partial charge in [0.05, 0.1) is 0 Å². The fourth-order valence-corrected chi connectivity index (χ4v) is 11.9. The third-order valence-electron chi connectivity index (χ3n) is 3.91. The monoisotopic (exact) mass is 438 g/mol. The SMILES string of the molecule is CN1CC[O][Sn]2([O]C(C)(C)C1)[O]C(C)(C)CN(C)CC(C)(C)[O]2. The predicted octanol–water partition coefficient (Wildman–Crippen LogP) is 1.72. The van der Waals surface area contributed by atoms with Crippen molar-refractivity contribution in [3.8, 4) is 0 Å². The summed E-state index contributed by atoms with van der Waals surface area (Å²) in [5.41, 5.74) is -1.08. The Bertz CT molecular complexity index is 392. The van der Waals surface area contributed by atoms with E-state index in [1.165, 1.54) is 0 Å². The molecule has 0 radical (unpaired) electrons. The summed E-state index contributed by atoms with van der Waals surface area (Å²) in [6, 6.07) is 0. The van der Waals surface area contributed by atoms with Crippen LogP contribution in [0.15, 0.2) is 0 Å². The number of hydrogen-bond acceptors (Lipinski definition) is 6. The molecule has 7 heteroatoms. The van der Waals surface area contributed by atoms with Crippen molar-refractivity contribution in [2.24, 2.45) is 0 Å². The van der Waals surface area contributed by atoms with Crippen LogP contribution in [0.25, 0.3) is 0 Å². The first-order valence-electron chi connectivity index (χ1n) is 8.44. The Labute approximate surface area is 147 Å². The topological polar surface area (TPSA) is 43.4 Å². The van der Waals surface area contributed by atoms with Gasteiger partial charge in [-0.2, -0.15) is 0 Å². The van der Waals surface area contributed by atoms with E-state index < -0.39 is 20.0 Å². The second-order valence-corrected chi connectivity index (χ2v) is 14.3. The number of nitrogens with zero attached hydrogens (tertiary/aromatic N) is 2. The minimum atomic E-state index is -4.17. The van der Waals surface area contributed by atoms with Gasteiger partial charge in [0, 0.05) is 0 Å². The summed E-state index contributed by atoms with van der Waals surface area (Å²) in [7, 11) is 4.19. The zero-order chi connectivity index (χ0) is 17.5. The summed E-state index contributed by atoms with van der Waals surface area (Å²) in [5.74, 6) is 0. The van der Waals surface area contributed by atoms with Crippen molar-refractivity contribution >= 4 is 20.0 Å². The van der Waals surface area contributed by atoms with Crippen LogP contribution < -0.4 is 0 Å². The van der Waals surface area contributed by atoms with Crippen LogP contribution >= 0.6 is 0 Å². The Hall–Kier alpha value is 0.559. The van der Waals surface area contributed by atoms with Crippen LogP contribution in [-0.2, 0) is 12.3 Å². The molecule has 2 rings (SSSR count). The van der Waals surface area contributed by atoms with E-state index in [1.54, 1.807) is 0 Å². The standard InChI is InChI=1S/C9H19NO2.C7H15NO2.Sn/c1-8(2,11)6-10(5)7-9(3,4)12;1-7(2,10)6-8(3)4-5-9;/h6-7H2,1-5H3;4-6H2,1-3H3;/q2*-2;+4. The molecule has 2 saturated heterocycles. The molecule has 2 aliphatic heterocycles. The summed E-state index contributed by atoms with van der Waals surface area (Å²) < 4.78 is 25.8. The Morgan fingerprint density at radius 3 is 1.52 bits per heavy atom. The summed E-state index contributed by atoms with van der Waals surface area (Å²) in [6.45, 7) is 16.5. The Balaban J connectivity index is 2.33. The third-order valence-corrected chi connectivity index (χ3v) is 12.4. The third kappa shape index (κ3) is 5.80. The van der Waals surface area contributed by atoms with Gasteiger partial charge in [0.2, 0.25) is 0 Å². The van der Waals surface area contributed by atoms with Crippen molar-refractivity contribution in [1.29, 1.82) is 0 Å². The van der Waals surface area contributed by atoms with E-state index in [0.717, 1.165) is 26.2 Å². The molecule has 0 aromatic heterocycles. The van der Waals surface area contributed by atoms with Gasteiger partial charge in [-0.05, 0) is 0 Å². The van der Waals surface area contributed by atoms with E-state index in [9.17, 15) is 0 Å². The van der Waals surface area contributed by atoms with Gasteiger partial charge in [0.15, 0.2) is 0 Å². The quantitative estimate of drug-likeness (QED) is 0.538. The molecule has 0 aromatic carbocycles. The van der Waals surface area contributed by atoms with E-state index in [-0.39, 0.29) is 16.8 Å². The van der Waals surface area contributed by atoms with Crippen LogP contribution in [0.4, 0.5) is 0 Å². The van der Waals surface area contributed by atoms with Gasteiger partial charge in [-0.3, -0.25) is 0 Å². The van der Waals surface area contributed by atoms with Gasteiger partial charge < -0.3 is 0 Å². The van der Waals surface area contributed by atoms with Crippen LogP contribution in [0.1, 0.15) is 41.5 Å². The first kappa shape index (κ1) is 19.9. The van der Waals surface area contributed by atoms with Crippen LogP contribution in [0.5, 0.6) is 0 Å². The number of rotatable bonds is 0. The fraction of sp³-hybridized carbons (Fsp3) is 1.00. The molecular formula is C16H34N2O4Sn. The Morgan fingerprint density at radius 2 is 1.09 bits per heavy atom. The molecule has 1 spiro atoms. The molecule has 23 heavy (non-hydrogen) atoms. The van der Waals surface area contributed by atoms with Gasteiger partial charge in [0.1, 0.15) is 0 Å². The molecular weight excluding hydrogens is 403 g/mol. The van der Waals surface area contributed by atoms with E-state index >= 15 is 0 Å². The summed E-state index contributed by atoms with van der Waals surface area (Å²) in [4.78, 5) is 4.48. The molecule has 136 valence electrons. The van der Waals surface area contributed by atoms with Crippen molar-refractivity contribution in [3.63, 3.8) is 0 Å². The van der Waals surface area contributed by atoms with Crippen LogP contribution in [-0.4, -0.2) is 93.5 Å². The summed E-state index contributed by atoms with van der Waals surface area (Å²) in [6.07, 6.45) is 0. The van der Waals surface area contributed by atoms with Gasteiger partial charge in [-0.15, -0.1) is 0 Å². The first-order valence-corrected chi connectivity index (χ1v) is 13.1. The van der Waals surface area contributed by atoms with Crippen LogP contribution in [0, 0.1) is 0 Å². The van der Waals surface area contributed by atoms with E-state index in [2.05, 4.69) is 65.4 Å². The fourth-order valence-electron chi connectivity index (χ4n) is 3.67. The molecule has 0 aliphatic carbocycles. The van der Waals surface area contributed by atoms with E-state index in [0.29, 0.717) is 6.61 Å². The summed E-state index contributed by atoms with van der Waals surface area (Å²) in [5, 5.41) is 0. The summed E-state index contributed by atoms with van der Waals surface area (Å²) >= 11 is -4.17. The molecule has 0 N–H and O–H groups in total. The molecule has 2 fully saturated rings. The molecule has 0 saturated carbocycles. The van der Waals surface area contributed by atoms with Crippen molar-refractivity contribution in [3.05, 3.63) is 0 Å². The average molecular weight is 437 g/mol. The number of hydrogen-bond donors (Lipinski definition) is 0. The van der Waals surface area contributed by atoms with Crippen LogP contribution in [0.3, 0.4) is 0 Å².